The first-order valence-corrected chi connectivity index (χ1v) is 9.67. The molecule has 1 aliphatic carbocycles. The van der Waals surface area contributed by atoms with Crippen LogP contribution in [0.5, 0.6) is 5.75 Å². The molecule has 1 saturated carbocycles. The van der Waals surface area contributed by atoms with E-state index in [0.717, 1.165) is 37.7 Å². The summed E-state index contributed by atoms with van der Waals surface area (Å²) in [6, 6.07) is 4.99. The highest BCUT2D eigenvalue weighted by atomic mass is 19.1. The number of ether oxygens (including phenoxy) is 2. The van der Waals surface area contributed by atoms with Crippen molar-refractivity contribution < 1.29 is 23.5 Å². The van der Waals surface area contributed by atoms with Crippen LogP contribution in [-0.2, 0) is 20.7 Å². The van der Waals surface area contributed by atoms with Crippen molar-refractivity contribution in [2.45, 2.75) is 70.3 Å². The van der Waals surface area contributed by atoms with Gasteiger partial charge in [0.1, 0.15) is 17.8 Å². The number of rotatable bonds is 7. The minimum absolute atomic E-state index is 0.0392. The normalized spacial score (nSPS) is 23.9. The fourth-order valence-electron chi connectivity index (χ4n) is 4.26. The second kappa shape index (κ2) is 8.19. The van der Waals surface area contributed by atoms with E-state index < -0.39 is 11.6 Å². The van der Waals surface area contributed by atoms with E-state index in [4.69, 9.17) is 9.47 Å². The third-order valence-corrected chi connectivity index (χ3v) is 5.55. The Morgan fingerprint density at radius 1 is 1.27 bits per heavy atom. The van der Waals surface area contributed by atoms with E-state index in [0.29, 0.717) is 25.9 Å². The zero-order chi connectivity index (χ0) is 18.6. The predicted octanol–water partition coefficient (Wildman–Crippen LogP) is 4.38. The summed E-state index contributed by atoms with van der Waals surface area (Å²) in [6.45, 7) is 2.46. The fraction of sp³-hybridized carbons (Fsp3) is 0.619. The zero-order valence-electron chi connectivity index (χ0n) is 15.4. The minimum Gasteiger partial charge on any atom is -0.491 e. The maximum atomic E-state index is 14.2. The maximum Gasteiger partial charge on any atom is 0.313 e. The molecule has 1 unspecified atom stereocenters. The first-order valence-electron chi connectivity index (χ1n) is 9.67. The molecule has 5 heteroatoms. The Morgan fingerprint density at radius 3 is 2.69 bits per heavy atom. The van der Waals surface area contributed by atoms with Gasteiger partial charge in [0.2, 0.25) is 0 Å². The Hall–Kier alpha value is -1.91. The maximum absolute atomic E-state index is 14.2. The van der Waals surface area contributed by atoms with Gasteiger partial charge in [-0.2, -0.15) is 0 Å². The molecule has 1 aromatic carbocycles. The third-order valence-electron chi connectivity index (χ3n) is 5.55. The number of cyclic esters (lactones) is 1. The van der Waals surface area contributed by atoms with Crippen LogP contribution in [0.4, 0.5) is 4.39 Å². The lowest BCUT2D eigenvalue weighted by Crippen LogP contribution is -2.48. The molecular formula is C21H27FO4. The van der Waals surface area contributed by atoms with Crippen LogP contribution in [0.2, 0.25) is 0 Å². The highest BCUT2D eigenvalue weighted by molar-refractivity contribution is 5.98. The number of halogens is 1. The van der Waals surface area contributed by atoms with Gasteiger partial charge in [-0.05, 0) is 55.7 Å². The molecule has 142 valence electrons. The lowest BCUT2D eigenvalue weighted by molar-refractivity contribution is -0.178. The summed E-state index contributed by atoms with van der Waals surface area (Å²) in [5.74, 6) is -0.332. The monoisotopic (exact) mass is 362 g/mol. The van der Waals surface area contributed by atoms with Gasteiger partial charge in [0.05, 0.1) is 6.61 Å². The molecule has 26 heavy (non-hydrogen) atoms. The van der Waals surface area contributed by atoms with Crippen LogP contribution in [0, 0.1) is 11.7 Å². The van der Waals surface area contributed by atoms with Gasteiger partial charge >= 0.3 is 5.97 Å². The summed E-state index contributed by atoms with van der Waals surface area (Å²) in [6.07, 6.45) is 6.32. The molecule has 0 spiro atoms. The van der Waals surface area contributed by atoms with Gasteiger partial charge in [-0.15, -0.1) is 0 Å². The van der Waals surface area contributed by atoms with Gasteiger partial charge < -0.3 is 9.47 Å². The van der Waals surface area contributed by atoms with Gasteiger partial charge in [0, 0.05) is 6.42 Å². The summed E-state index contributed by atoms with van der Waals surface area (Å²) in [5.41, 5.74) is 0.120. The first-order chi connectivity index (χ1) is 12.5. The number of carbonyl (C=O) groups is 2. The summed E-state index contributed by atoms with van der Waals surface area (Å²) in [5, 5.41) is 0. The molecule has 0 amide bonds. The van der Waals surface area contributed by atoms with E-state index in [1.54, 1.807) is 6.07 Å². The van der Waals surface area contributed by atoms with Gasteiger partial charge in [0.25, 0.3) is 0 Å². The Bertz CT molecular complexity index is 648. The molecule has 2 fully saturated rings. The molecule has 3 rings (SSSR count). The molecule has 0 bridgehead atoms. The second-order valence-corrected chi connectivity index (χ2v) is 7.53. The van der Waals surface area contributed by atoms with E-state index in [-0.39, 0.29) is 29.7 Å². The average molecular weight is 362 g/mol. The molecule has 4 nitrogen and oxygen atoms in total. The average Bonchev–Trinajstić information content (AvgIpc) is 3.14. The van der Waals surface area contributed by atoms with Crippen molar-refractivity contribution in [3.63, 3.8) is 0 Å². The predicted molar refractivity (Wildman–Crippen MR) is 95.5 cm³/mol. The summed E-state index contributed by atoms with van der Waals surface area (Å²) < 4.78 is 25.3. The molecule has 2 aliphatic rings. The fourth-order valence-corrected chi connectivity index (χ4v) is 4.26. The van der Waals surface area contributed by atoms with E-state index in [9.17, 15) is 14.0 Å². The number of Topliss-reactive ketones (excluding diaryl/α,β-unsaturated/α-hetero) is 1. The van der Waals surface area contributed by atoms with Crippen molar-refractivity contribution in [2.24, 2.45) is 5.92 Å². The molecule has 0 radical (unpaired) electrons. The van der Waals surface area contributed by atoms with E-state index in [1.165, 1.54) is 6.07 Å². The molecule has 1 heterocycles. The van der Waals surface area contributed by atoms with Gasteiger partial charge in [-0.3, -0.25) is 9.59 Å². The van der Waals surface area contributed by atoms with Crippen LogP contribution < -0.4 is 4.74 Å². The largest absolute Gasteiger partial charge is 0.491 e. The van der Waals surface area contributed by atoms with E-state index >= 15 is 0 Å². The smallest absolute Gasteiger partial charge is 0.313 e. The number of carbonyl (C=O) groups excluding carboxylic acids is 2. The Morgan fingerprint density at radius 2 is 2.04 bits per heavy atom. The lowest BCUT2D eigenvalue weighted by atomic mass is 9.76. The third kappa shape index (κ3) is 4.25. The SMILES string of the molecule is CCCOc1ccc(CCC2(C3CCCC3)CC(=O)CC(=O)O2)cc1F. The molecule has 1 aliphatic heterocycles. The van der Waals surface area contributed by atoms with Crippen LogP contribution in [-0.4, -0.2) is 24.0 Å². The second-order valence-electron chi connectivity index (χ2n) is 7.53. The standard InChI is InChI=1S/C21H27FO4/c1-2-11-25-19-8-7-15(12-18(19)22)9-10-21(16-5-3-4-6-16)14-17(23)13-20(24)26-21/h7-8,12,16H,2-6,9-11,13-14H2,1H3. The molecule has 1 saturated heterocycles. The van der Waals surface area contributed by atoms with Crippen LogP contribution >= 0.6 is 0 Å². The highest BCUT2D eigenvalue weighted by Gasteiger charge is 2.47. The Labute approximate surface area is 154 Å². The van der Waals surface area contributed by atoms with Crippen molar-refractivity contribution in [2.75, 3.05) is 6.61 Å². The van der Waals surface area contributed by atoms with Crippen molar-refractivity contribution in [3.05, 3.63) is 29.6 Å². The Kier molecular flexibility index (Phi) is 5.94. The van der Waals surface area contributed by atoms with Crippen LogP contribution in [0.1, 0.15) is 63.9 Å². The highest BCUT2D eigenvalue weighted by Crippen LogP contribution is 2.44. The van der Waals surface area contributed by atoms with E-state index in [1.807, 2.05) is 13.0 Å². The van der Waals surface area contributed by atoms with Crippen molar-refractivity contribution >= 4 is 11.8 Å². The summed E-state index contributed by atoms with van der Waals surface area (Å²) in [7, 11) is 0. The first kappa shape index (κ1) is 18.9. The summed E-state index contributed by atoms with van der Waals surface area (Å²) in [4.78, 5) is 24.0. The van der Waals surface area contributed by atoms with Crippen LogP contribution in [0.25, 0.3) is 0 Å². The van der Waals surface area contributed by atoms with Gasteiger partial charge in [-0.1, -0.05) is 25.8 Å². The van der Waals surface area contributed by atoms with E-state index in [2.05, 4.69) is 0 Å². The topological polar surface area (TPSA) is 52.6 Å². The van der Waals surface area contributed by atoms with Gasteiger partial charge in [-0.25, -0.2) is 4.39 Å². The number of aryl methyl sites for hydroxylation is 1. The van der Waals surface area contributed by atoms with Crippen LogP contribution in [0.3, 0.4) is 0 Å². The molecule has 0 aromatic heterocycles. The zero-order valence-corrected chi connectivity index (χ0v) is 15.4. The Balaban J connectivity index is 1.72. The molecule has 1 aromatic rings. The molecular weight excluding hydrogens is 335 g/mol. The lowest BCUT2D eigenvalue weighted by Gasteiger charge is -2.41. The number of hydrogen-bond donors (Lipinski definition) is 0. The van der Waals surface area contributed by atoms with Crippen molar-refractivity contribution in [3.8, 4) is 5.75 Å². The number of hydrogen-bond acceptors (Lipinski definition) is 4. The van der Waals surface area contributed by atoms with Crippen molar-refractivity contribution in [1.82, 2.24) is 0 Å². The van der Waals surface area contributed by atoms with Crippen molar-refractivity contribution in [1.29, 1.82) is 0 Å². The van der Waals surface area contributed by atoms with Gasteiger partial charge in [0.15, 0.2) is 11.6 Å². The molecule has 0 N–H and O–H groups in total. The number of ketones is 1. The quantitative estimate of drug-likeness (QED) is 0.533. The molecule has 1 atom stereocenters. The number of benzene rings is 1. The number of esters is 1. The van der Waals surface area contributed by atoms with Crippen LogP contribution in [0.15, 0.2) is 18.2 Å². The summed E-state index contributed by atoms with van der Waals surface area (Å²) >= 11 is 0. The minimum atomic E-state index is -0.712.